The normalized spacial score (nSPS) is 12.9. The average molecular weight is 347 g/mol. The molecule has 3 aromatic rings. The third kappa shape index (κ3) is 2.25. The number of halogens is 6. The van der Waals surface area contributed by atoms with E-state index in [-0.39, 0.29) is 10.9 Å². The second-order valence-corrected chi connectivity index (χ2v) is 4.93. The van der Waals surface area contributed by atoms with Crippen LogP contribution >= 0.6 is 0 Å². The van der Waals surface area contributed by atoms with Crippen molar-refractivity contribution in [3.05, 3.63) is 41.7 Å². The zero-order valence-electron chi connectivity index (χ0n) is 11.5. The molecule has 2 aromatic heterocycles. The van der Waals surface area contributed by atoms with Gasteiger partial charge < -0.3 is 5.73 Å². The van der Waals surface area contributed by atoms with Crippen molar-refractivity contribution in [2.24, 2.45) is 5.73 Å². The van der Waals surface area contributed by atoms with Gasteiger partial charge in [-0.1, -0.05) is 18.2 Å². The van der Waals surface area contributed by atoms with E-state index in [0.29, 0.717) is 0 Å². The van der Waals surface area contributed by atoms with Crippen molar-refractivity contribution >= 4 is 27.7 Å². The molecule has 0 aliphatic rings. The standard InChI is InChI=1S/C14H7F6N3O/c15-13(16,17)8-7-4-3-6-2-1-5-22-9(6)10(7)23(14(18,19)20)11(8)12(21)24/h1-5H,(H2,21,24). The zero-order chi connectivity index (χ0) is 17.9. The third-order valence-electron chi connectivity index (χ3n) is 3.47. The fourth-order valence-electron chi connectivity index (χ4n) is 2.68. The van der Waals surface area contributed by atoms with E-state index in [1.165, 1.54) is 18.2 Å². The first kappa shape index (κ1) is 16.1. The number of amides is 1. The van der Waals surface area contributed by atoms with Crippen LogP contribution in [0.15, 0.2) is 30.5 Å². The summed E-state index contributed by atoms with van der Waals surface area (Å²) in [6, 6.07) is 4.89. The Morgan fingerprint density at radius 3 is 2.29 bits per heavy atom. The second kappa shape index (κ2) is 4.86. The van der Waals surface area contributed by atoms with Crippen molar-refractivity contribution < 1.29 is 31.1 Å². The molecule has 24 heavy (non-hydrogen) atoms. The largest absolute Gasteiger partial charge is 0.489 e. The Hall–Kier alpha value is -2.78. The topological polar surface area (TPSA) is 60.9 Å². The lowest BCUT2D eigenvalue weighted by Crippen LogP contribution is -2.27. The Morgan fingerprint density at radius 2 is 1.75 bits per heavy atom. The van der Waals surface area contributed by atoms with Gasteiger partial charge in [0.05, 0.1) is 16.6 Å². The van der Waals surface area contributed by atoms with E-state index in [1.807, 2.05) is 0 Å². The van der Waals surface area contributed by atoms with E-state index in [1.54, 1.807) is 0 Å². The first-order valence-electron chi connectivity index (χ1n) is 6.40. The molecule has 0 saturated heterocycles. The number of primary amides is 1. The molecule has 0 aliphatic carbocycles. The highest BCUT2D eigenvalue weighted by atomic mass is 19.4. The number of nitrogens with zero attached hydrogens (tertiary/aromatic N) is 2. The van der Waals surface area contributed by atoms with Gasteiger partial charge in [-0.15, -0.1) is 13.2 Å². The minimum absolute atomic E-state index is 0.192. The maximum Gasteiger partial charge on any atom is 0.489 e. The highest BCUT2D eigenvalue weighted by molar-refractivity contribution is 6.10. The number of pyridine rings is 1. The number of carbonyl (C=O) groups excluding carboxylic acids is 1. The lowest BCUT2D eigenvalue weighted by molar-refractivity contribution is -0.201. The van der Waals surface area contributed by atoms with Crippen LogP contribution in [0.3, 0.4) is 0 Å². The maximum atomic E-state index is 13.4. The molecule has 0 spiro atoms. The number of benzene rings is 1. The van der Waals surface area contributed by atoms with E-state index in [0.717, 1.165) is 12.3 Å². The monoisotopic (exact) mass is 347 g/mol. The number of hydrogen-bond acceptors (Lipinski definition) is 2. The predicted octanol–water partition coefficient (Wildman–Crippen LogP) is 3.78. The lowest BCUT2D eigenvalue weighted by atomic mass is 10.1. The minimum Gasteiger partial charge on any atom is -0.364 e. The number of nitrogens with two attached hydrogens (primary N) is 1. The molecule has 126 valence electrons. The number of rotatable bonds is 1. The van der Waals surface area contributed by atoms with Crippen LogP contribution in [0.2, 0.25) is 0 Å². The van der Waals surface area contributed by atoms with Gasteiger partial charge in [-0.05, 0) is 6.07 Å². The zero-order valence-corrected chi connectivity index (χ0v) is 11.5. The molecule has 10 heteroatoms. The molecule has 3 rings (SSSR count). The summed E-state index contributed by atoms with van der Waals surface area (Å²) in [5.41, 5.74) is 0.272. The molecule has 4 nitrogen and oxygen atoms in total. The second-order valence-electron chi connectivity index (χ2n) is 4.93. The van der Waals surface area contributed by atoms with Gasteiger partial charge in [0, 0.05) is 17.0 Å². The van der Waals surface area contributed by atoms with Crippen LogP contribution in [0.25, 0.3) is 21.8 Å². The molecule has 1 amide bonds. The third-order valence-corrected chi connectivity index (χ3v) is 3.47. The molecule has 0 aliphatic heterocycles. The van der Waals surface area contributed by atoms with E-state index in [9.17, 15) is 31.1 Å². The van der Waals surface area contributed by atoms with Crippen LogP contribution in [0.5, 0.6) is 0 Å². The van der Waals surface area contributed by atoms with Crippen LogP contribution < -0.4 is 5.73 Å². The molecule has 0 radical (unpaired) electrons. The van der Waals surface area contributed by atoms with Crippen molar-refractivity contribution in [3.8, 4) is 0 Å². The van der Waals surface area contributed by atoms with Crippen molar-refractivity contribution in [3.63, 3.8) is 0 Å². The Balaban J connectivity index is 2.68. The van der Waals surface area contributed by atoms with E-state index in [4.69, 9.17) is 5.73 Å². The maximum absolute atomic E-state index is 13.4. The van der Waals surface area contributed by atoms with Crippen molar-refractivity contribution in [1.29, 1.82) is 0 Å². The fourth-order valence-corrected chi connectivity index (χ4v) is 2.68. The predicted molar refractivity (Wildman–Crippen MR) is 72.1 cm³/mol. The molecular weight excluding hydrogens is 340 g/mol. The number of carbonyl (C=O) groups is 1. The summed E-state index contributed by atoms with van der Waals surface area (Å²) in [6.07, 6.45) is -9.35. The van der Waals surface area contributed by atoms with Gasteiger partial charge in [0.15, 0.2) is 0 Å². The minimum atomic E-state index is -5.29. The van der Waals surface area contributed by atoms with Gasteiger partial charge >= 0.3 is 12.5 Å². The van der Waals surface area contributed by atoms with Crippen molar-refractivity contribution in [1.82, 2.24) is 9.55 Å². The van der Waals surface area contributed by atoms with E-state index in [2.05, 4.69) is 4.98 Å². The Labute approximate surface area is 129 Å². The van der Waals surface area contributed by atoms with Crippen LogP contribution in [-0.2, 0) is 12.5 Å². The number of aromatic nitrogens is 2. The van der Waals surface area contributed by atoms with Crippen LogP contribution in [0, 0.1) is 0 Å². The molecule has 0 unspecified atom stereocenters. The van der Waals surface area contributed by atoms with Gasteiger partial charge in [0.1, 0.15) is 5.69 Å². The van der Waals surface area contributed by atoms with Gasteiger partial charge in [-0.3, -0.25) is 9.78 Å². The number of hydrogen-bond donors (Lipinski definition) is 1. The number of alkyl halides is 6. The van der Waals surface area contributed by atoms with E-state index >= 15 is 0 Å². The average Bonchev–Trinajstić information content (AvgIpc) is 2.82. The Bertz CT molecular complexity index is 970. The first-order chi connectivity index (χ1) is 11.0. The molecule has 2 heterocycles. The summed E-state index contributed by atoms with van der Waals surface area (Å²) >= 11 is 0. The SMILES string of the molecule is NC(=O)c1c(C(F)(F)F)c2ccc3cccnc3c2n1C(F)(F)F. The number of fused-ring (bicyclic) bond motifs is 3. The lowest BCUT2D eigenvalue weighted by Gasteiger charge is -2.14. The molecule has 0 bridgehead atoms. The van der Waals surface area contributed by atoms with Gasteiger partial charge in [-0.2, -0.15) is 13.2 Å². The van der Waals surface area contributed by atoms with Crippen molar-refractivity contribution in [2.45, 2.75) is 12.5 Å². The van der Waals surface area contributed by atoms with Gasteiger partial charge in [0.25, 0.3) is 5.91 Å². The van der Waals surface area contributed by atoms with Gasteiger partial charge in [-0.25, -0.2) is 4.57 Å². The van der Waals surface area contributed by atoms with Crippen LogP contribution in [0.4, 0.5) is 26.3 Å². The first-order valence-corrected chi connectivity index (χ1v) is 6.40. The fraction of sp³-hybridized carbons (Fsp3) is 0.143. The Kier molecular flexibility index (Phi) is 3.26. The molecular formula is C14H7F6N3O. The quantitative estimate of drug-likeness (QED) is 0.681. The molecule has 0 saturated carbocycles. The van der Waals surface area contributed by atoms with E-state index < -0.39 is 45.1 Å². The highest BCUT2D eigenvalue weighted by Gasteiger charge is 2.46. The van der Waals surface area contributed by atoms with Crippen LogP contribution in [-0.4, -0.2) is 15.5 Å². The summed E-state index contributed by atoms with van der Waals surface area (Å²) in [4.78, 5) is 15.2. The summed E-state index contributed by atoms with van der Waals surface area (Å²) < 4.78 is 79.6. The highest BCUT2D eigenvalue weighted by Crippen LogP contribution is 2.44. The summed E-state index contributed by atoms with van der Waals surface area (Å²) in [6.45, 7) is 0. The van der Waals surface area contributed by atoms with Crippen molar-refractivity contribution in [2.75, 3.05) is 0 Å². The molecule has 0 atom stereocenters. The smallest absolute Gasteiger partial charge is 0.364 e. The molecule has 1 aromatic carbocycles. The summed E-state index contributed by atoms with van der Waals surface area (Å²) in [7, 11) is 0. The van der Waals surface area contributed by atoms with Crippen LogP contribution in [0.1, 0.15) is 16.1 Å². The summed E-state index contributed by atoms with van der Waals surface area (Å²) in [5.74, 6) is -1.83. The molecule has 0 fully saturated rings. The molecule has 2 N–H and O–H groups in total. The summed E-state index contributed by atoms with van der Waals surface area (Å²) in [5, 5.41) is -0.599. The Morgan fingerprint density at radius 1 is 1.08 bits per heavy atom. The van der Waals surface area contributed by atoms with Gasteiger partial charge in [0.2, 0.25) is 0 Å².